The Morgan fingerprint density at radius 2 is 1.79 bits per heavy atom. The Morgan fingerprint density at radius 1 is 1.21 bits per heavy atom. The Labute approximate surface area is 115 Å². The summed E-state index contributed by atoms with van der Waals surface area (Å²) in [7, 11) is 0. The highest BCUT2D eigenvalue weighted by atomic mass is 16.4. The van der Waals surface area contributed by atoms with E-state index >= 15 is 0 Å². The zero-order chi connectivity index (χ0) is 14.4. The lowest BCUT2D eigenvalue weighted by atomic mass is 10.1. The first kappa shape index (κ1) is 15.8. The van der Waals surface area contributed by atoms with Crippen LogP contribution in [0.5, 0.6) is 0 Å². The van der Waals surface area contributed by atoms with Gasteiger partial charge >= 0.3 is 12.0 Å². The van der Waals surface area contributed by atoms with Crippen molar-refractivity contribution in [2.75, 3.05) is 19.6 Å². The van der Waals surface area contributed by atoms with Gasteiger partial charge in [-0.15, -0.1) is 0 Å². The van der Waals surface area contributed by atoms with Crippen molar-refractivity contribution in [1.82, 2.24) is 9.80 Å². The molecule has 1 N–H and O–H groups in total. The van der Waals surface area contributed by atoms with E-state index in [-0.39, 0.29) is 12.6 Å². The number of carboxylic acids is 1. The highest BCUT2D eigenvalue weighted by Crippen LogP contribution is 2.24. The van der Waals surface area contributed by atoms with Crippen molar-refractivity contribution in [2.45, 2.75) is 52.5 Å². The number of hydrogen-bond acceptors (Lipinski definition) is 2. The number of urea groups is 1. The molecule has 0 aromatic rings. The molecule has 0 saturated heterocycles. The average Bonchev–Trinajstić information content (AvgIpc) is 2.89. The van der Waals surface area contributed by atoms with Gasteiger partial charge < -0.3 is 14.9 Å². The lowest BCUT2D eigenvalue weighted by molar-refractivity contribution is -0.141. The number of hydrogen-bond donors (Lipinski definition) is 1. The van der Waals surface area contributed by atoms with Gasteiger partial charge in [0.2, 0.25) is 0 Å². The van der Waals surface area contributed by atoms with E-state index in [0.29, 0.717) is 19.1 Å². The summed E-state index contributed by atoms with van der Waals surface area (Å²) in [6.07, 6.45) is 4.52. The van der Waals surface area contributed by atoms with Crippen LogP contribution in [0.1, 0.15) is 46.5 Å². The molecule has 1 fully saturated rings. The van der Waals surface area contributed by atoms with E-state index in [0.717, 1.165) is 12.8 Å². The maximum Gasteiger partial charge on any atom is 0.320 e. The molecule has 1 unspecified atom stereocenters. The van der Waals surface area contributed by atoms with Crippen molar-refractivity contribution in [3.63, 3.8) is 0 Å². The molecule has 0 heterocycles. The lowest BCUT2D eigenvalue weighted by Gasteiger charge is -2.34. The fourth-order valence-corrected chi connectivity index (χ4v) is 2.70. The zero-order valence-electron chi connectivity index (χ0n) is 12.3. The van der Waals surface area contributed by atoms with E-state index in [9.17, 15) is 9.59 Å². The van der Waals surface area contributed by atoms with E-state index in [4.69, 9.17) is 5.11 Å². The van der Waals surface area contributed by atoms with Crippen molar-refractivity contribution in [3.05, 3.63) is 0 Å². The van der Waals surface area contributed by atoms with Gasteiger partial charge in [-0.3, -0.25) is 4.79 Å². The summed E-state index contributed by atoms with van der Waals surface area (Å²) in [6.45, 7) is 7.07. The maximum absolute atomic E-state index is 12.5. The maximum atomic E-state index is 12.5. The van der Waals surface area contributed by atoms with Crippen LogP contribution in [0.15, 0.2) is 0 Å². The second-order valence-electron chi connectivity index (χ2n) is 5.28. The molecule has 0 bridgehead atoms. The second-order valence-corrected chi connectivity index (χ2v) is 5.28. The third kappa shape index (κ3) is 4.11. The third-order valence-electron chi connectivity index (χ3n) is 3.92. The summed E-state index contributed by atoms with van der Waals surface area (Å²) in [5.41, 5.74) is 0. The molecule has 1 aliphatic carbocycles. The Morgan fingerprint density at radius 3 is 2.21 bits per heavy atom. The van der Waals surface area contributed by atoms with Gasteiger partial charge in [0, 0.05) is 25.7 Å². The van der Waals surface area contributed by atoms with Gasteiger partial charge in [-0.05, 0) is 26.7 Å². The number of nitrogens with zero attached hydrogens (tertiary/aromatic N) is 2. The predicted octanol–water partition coefficient (Wildman–Crippen LogP) is 2.41. The Bertz CT molecular complexity index is 314. The monoisotopic (exact) mass is 270 g/mol. The molecule has 0 aliphatic heterocycles. The summed E-state index contributed by atoms with van der Waals surface area (Å²) in [6, 6.07) is 0.330. The first-order valence-electron chi connectivity index (χ1n) is 7.29. The van der Waals surface area contributed by atoms with Gasteiger partial charge in [-0.2, -0.15) is 0 Å². The van der Waals surface area contributed by atoms with Crippen LogP contribution in [-0.4, -0.2) is 52.6 Å². The normalized spacial score (nSPS) is 17.2. The second kappa shape index (κ2) is 7.36. The molecule has 0 spiro atoms. The molecule has 1 atom stereocenters. The van der Waals surface area contributed by atoms with Gasteiger partial charge in [0.25, 0.3) is 0 Å². The van der Waals surface area contributed by atoms with Crippen LogP contribution in [0, 0.1) is 5.92 Å². The molecule has 5 nitrogen and oxygen atoms in total. The quantitative estimate of drug-likeness (QED) is 0.806. The van der Waals surface area contributed by atoms with Gasteiger partial charge in [0.1, 0.15) is 0 Å². The van der Waals surface area contributed by atoms with Crippen molar-refractivity contribution >= 4 is 12.0 Å². The minimum absolute atomic E-state index is 0.00926. The van der Waals surface area contributed by atoms with Crippen LogP contribution in [0.4, 0.5) is 4.79 Å². The SMILES string of the molecule is CCN(CC(C)C(=O)O)C(=O)N(CC)C1CCCC1. The summed E-state index contributed by atoms with van der Waals surface area (Å²) in [5.74, 6) is -1.37. The van der Waals surface area contributed by atoms with Gasteiger partial charge in [0.05, 0.1) is 5.92 Å². The first-order chi connectivity index (χ1) is 9.01. The number of aliphatic carboxylic acids is 1. The summed E-state index contributed by atoms with van der Waals surface area (Å²) >= 11 is 0. The molecular weight excluding hydrogens is 244 g/mol. The van der Waals surface area contributed by atoms with E-state index in [1.165, 1.54) is 12.8 Å². The Balaban J connectivity index is 2.66. The minimum atomic E-state index is -0.852. The standard InChI is InChI=1S/C14H26N2O3/c1-4-15(10-11(3)13(17)18)14(19)16(5-2)12-8-6-7-9-12/h11-12H,4-10H2,1-3H3,(H,17,18). The topological polar surface area (TPSA) is 60.9 Å². The van der Waals surface area contributed by atoms with Gasteiger partial charge in [-0.25, -0.2) is 4.79 Å². The highest BCUT2D eigenvalue weighted by molar-refractivity contribution is 5.76. The molecule has 110 valence electrons. The average molecular weight is 270 g/mol. The predicted molar refractivity (Wildman–Crippen MR) is 74.1 cm³/mol. The smallest absolute Gasteiger partial charge is 0.320 e. The number of rotatable bonds is 6. The van der Waals surface area contributed by atoms with E-state index in [1.807, 2.05) is 18.7 Å². The van der Waals surface area contributed by atoms with Crippen LogP contribution in [0.2, 0.25) is 0 Å². The largest absolute Gasteiger partial charge is 0.481 e. The van der Waals surface area contributed by atoms with Crippen molar-refractivity contribution in [2.24, 2.45) is 5.92 Å². The summed E-state index contributed by atoms with van der Waals surface area (Å²) in [4.78, 5) is 27.0. The van der Waals surface area contributed by atoms with E-state index in [1.54, 1.807) is 11.8 Å². The molecule has 19 heavy (non-hydrogen) atoms. The Kier molecular flexibility index (Phi) is 6.12. The minimum Gasteiger partial charge on any atom is -0.481 e. The molecule has 1 aliphatic rings. The zero-order valence-corrected chi connectivity index (χ0v) is 12.3. The van der Waals surface area contributed by atoms with Crippen LogP contribution in [0.25, 0.3) is 0 Å². The number of amides is 2. The van der Waals surface area contributed by atoms with Gasteiger partial charge in [-0.1, -0.05) is 19.8 Å². The van der Waals surface area contributed by atoms with Crippen LogP contribution >= 0.6 is 0 Å². The molecule has 0 aromatic carbocycles. The van der Waals surface area contributed by atoms with E-state index in [2.05, 4.69) is 0 Å². The summed E-state index contributed by atoms with van der Waals surface area (Å²) < 4.78 is 0. The molecule has 1 saturated carbocycles. The molecule has 2 amide bonds. The lowest BCUT2D eigenvalue weighted by Crippen LogP contribution is -2.49. The van der Waals surface area contributed by atoms with Crippen molar-refractivity contribution < 1.29 is 14.7 Å². The molecule has 0 radical (unpaired) electrons. The van der Waals surface area contributed by atoms with Crippen molar-refractivity contribution in [3.8, 4) is 0 Å². The fraction of sp³-hybridized carbons (Fsp3) is 0.857. The molecule has 0 aromatic heterocycles. The van der Waals surface area contributed by atoms with Gasteiger partial charge in [0.15, 0.2) is 0 Å². The molecule has 1 rings (SSSR count). The first-order valence-corrected chi connectivity index (χ1v) is 7.29. The summed E-state index contributed by atoms with van der Waals surface area (Å²) in [5, 5.41) is 8.96. The highest BCUT2D eigenvalue weighted by Gasteiger charge is 2.29. The van der Waals surface area contributed by atoms with E-state index < -0.39 is 11.9 Å². The molecular formula is C14H26N2O3. The van der Waals surface area contributed by atoms with Crippen LogP contribution in [0.3, 0.4) is 0 Å². The van der Waals surface area contributed by atoms with Crippen LogP contribution in [-0.2, 0) is 4.79 Å². The number of carboxylic acid groups (broad SMARTS) is 1. The van der Waals surface area contributed by atoms with Crippen LogP contribution < -0.4 is 0 Å². The molecule has 5 heteroatoms. The Hall–Kier alpha value is -1.26. The fourth-order valence-electron chi connectivity index (χ4n) is 2.70. The van der Waals surface area contributed by atoms with Crippen molar-refractivity contribution in [1.29, 1.82) is 0 Å². The number of carbonyl (C=O) groups excluding carboxylic acids is 1. The third-order valence-corrected chi connectivity index (χ3v) is 3.92. The number of carbonyl (C=O) groups is 2.